The molecule has 70 valence electrons. The fourth-order valence-electron chi connectivity index (χ4n) is 1.00. The SMILES string of the molecule is C=C(C(CCC)=NCC)N(C)C. The number of hydrogen-bond acceptors (Lipinski definition) is 2. The van der Waals surface area contributed by atoms with Gasteiger partial charge < -0.3 is 4.90 Å². The third-order valence-electron chi connectivity index (χ3n) is 1.71. The standard InChI is InChI=1S/C10H20N2/c1-6-8-10(11-7-2)9(3)12(4)5/h3,6-8H2,1-2,4-5H3. The van der Waals surface area contributed by atoms with Gasteiger partial charge in [-0.25, -0.2) is 0 Å². The molecule has 0 amide bonds. The molecule has 0 fully saturated rings. The summed E-state index contributed by atoms with van der Waals surface area (Å²) in [5.41, 5.74) is 2.18. The Morgan fingerprint density at radius 1 is 1.33 bits per heavy atom. The van der Waals surface area contributed by atoms with Crippen molar-refractivity contribution in [3.63, 3.8) is 0 Å². The van der Waals surface area contributed by atoms with Crippen LogP contribution in [0.15, 0.2) is 17.3 Å². The first-order chi connectivity index (χ1) is 5.63. The Hall–Kier alpha value is -0.790. The molecule has 0 N–H and O–H groups in total. The molecule has 12 heavy (non-hydrogen) atoms. The Morgan fingerprint density at radius 2 is 1.92 bits per heavy atom. The van der Waals surface area contributed by atoms with Crippen LogP contribution in [0.1, 0.15) is 26.7 Å². The summed E-state index contributed by atoms with van der Waals surface area (Å²) in [7, 11) is 4.01. The van der Waals surface area contributed by atoms with Gasteiger partial charge in [0.15, 0.2) is 0 Å². The van der Waals surface area contributed by atoms with Crippen LogP contribution >= 0.6 is 0 Å². The van der Waals surface area contributed by atoms with Gasteiger partial charge in [0.25, 0.3) is 0 Å². The second-order valence-electron chi connectivity index (χ2n) is 3.01. The zero-order chi connectivity index (χ0) is 9.56. The van der Waals surface area contributed by atoms with Gasteiger partial charge in [-0.2, -0.15) is 0 Å². The van der Waals surface area contributed by atoms with Crippen LogP contribution in [0.3, 0.4) is 0 Å². The zero-order valence-electron chi connectivity index (χ0n) is 8.72. The molecule has 0 aromatic heterocycles. The third-order valence-corrected chi connectivity index (χ3v) is 1.71. The van der Waals surface area contributed by atoms with Crippen LogP contribution in [-0.4, -0.2) is 31.3 Å². The minimum atomic E-state index is 0.849. The summed E-state index contributed by atoms with van der Waals surface area (Å²) >= 11 is 0. The maximum absolute atomic E-state index is 4.41. The number of rotatable bonds is 5. The summed E-state index contributed by atoms with van der Waals surface area (Å²) in [5.74, 6) is 0. The van der Waals surface area contributed by atoms with Gasteiger partial charge in [-0.3, -0.25) is 4.99 Å². The van der Waals surface area contributed by atoms with Crippen LogP contribution in [0.2, 0.25) is 0 Å². The quantitative estimate of drug-likeness (QED) is 0.575. The molecule has 0 spiro atoms. The fourth-order valence-corrected chi connectivity index (χ4v) is 1.00. The lowest BCUT2D eigenvalue weighted by Gasteiger charge is -2.17. The average Bonchev–Trinajstić information content (AvgIpc) is 2.03. The van der Waals surface area contributed by atoms with E-state index in [1.165, 1.54) is 0 Å². The first-order valence-corrected chi connectivity index (χ1v) is 4.53. The van der Waals surface area contributed by atoms with Crippen molar-refractivity contribution in [1.82, 2.24) is 4.90 Å². The van der Waals surface area contributed by atoms with E-state index in [0.717, 1.165) is 30.8 Å². The van der Waals surface area contributed by atoms with Gasteiger partial charge in [-0.1, -0.05) is 19.9 Å². The van der Waals surface area contributed by atoms with E-state index < -0.39 is 0 Å². The molecule has 0 aromatic rings. The van der Waals surface area contributed by atoms with Crippen molar-refractivity contribution >= 4 is 5.71 Å². The Bertz CT molecular complexity index is 169. The normalized spacial score (nSPS) is 11.5. The summed E-state index contributed by atoms with van der Waals surface area (Å²) < 4.78 is 0. The van der Waals surface area contributed by atoms with Crippen molar-refractivity contribution in [2.45, 2.75) is 26.7 Å². The fraction of sp³-hybridized carbons (Fsp3) is 0.700. The Labute approximate surface area is 76.0 Å². The van der Waals surface area contributed by atoms with Gasteiger partial charge in [0.05, 0.1) is 11.4 Å². The van der Waals surface area contributed by atoms with Crippen molar-refractivity contribution in [3.8, 4) is 0 Å². The van der Waals surface area contributed by atoms with Gasteiger partial charge in [0, 0.05) is 20.6 Å². The number of allylic oxidation sites excluding steroid dienone is 1. The van der Waals surface area contributed by atoms with Crippen molar-refractivity contribution in [3.05, 3.63) is 12.3 Å². The van der Waals surface area contributed by atoms with Crippen LogP contribution in [-0.2, 0) is 0 Å². The van der Waals surface area contributed by atoms with Crippen LogP contribution in [0.5, 0.6) is 0 Å². The lowest BCUT2D eigenvalue weighted by atomic mass is 10.1. The highest BCUT2D eigenvalue weighted by Gasteiger charge is 2.04. The molecule has 0 aliphatic heterocycles. The molecule has 0 atom stereocenters. The third kappa shape index (κ3) is 3.56. The van der Waals surface area contributed by atoms with E-state index in [4.69, 9.17) is 0 Å². The minimum absolute atomic E-state index is 0.849. The molecular weight excluding hydrogens is 148 g/mol. The molecule has 0 heterocycles. The Kier molecular flexibility index (Phi) is 5.43. The maximum Gasteiger partial charge on any atom is 0.0574 e. The highest BCUT2D eigenvalue weighted by molar-refractivity contribution is 5.98. The second kappa shape index (κ2) is 5.81. The van der Waals surface area contributed by atoms with Gasteiger partial charge in [-0.05, 0) is 13.3 Å². The van der Waals surface area contributed by atoms with E-state index in [0.29, 0.717) is 0 Å². The Balaban J connectivity index is 4.30. The summed E-state index contributed by atoms with van der Waals surface area (Å²) in [6, 6.07) is 0. The van der Waals surface area contributed by atoms with E-state index in [-0.39, 0.29) is 0 Å². The van der Waals surface area contributed by atoms with E-state index >= 15 is 0 Å². The van der Waals surface area contributed by atoms with Gasteiger partial charge in [0.2, 0.25) is 0 Å². The van der Waals surface area contributed by atoms with Crippen molar-refractivity contribution in [2.75, 3.05) is 20.6 Å². The lowest BCUT2D eigenvalue weighted by Crippen LogP contribution is -2.18. The van der Waals surface area contributed by atoms with E-state index in [1.807, 2.05) is 19.0 Å². The van der Waals surface area contributed by atoms with Gasteiger partial charge in [-0.15, -0.1) is 0 Å². The second-order valence-corrected chi connectivity index (χ2v) is 3.01. The number of aliphatic imine (C=N–C) groups is 1. The molecule has 0 unspecified atom stereocenters. The molecule has 0 aromatic carbocycles. The molecule has 0 saturated carbocycles. The molecule has 0 saturated heterocycles. The van der Waals surface area contributed by atoms with Crippen LogP contribution in [0.25, 0.3) is 0 Å². The van der Waals surface area contributed by atoms with Crippen molar-refractivity contribution in [1.29, 1.82) is 0 Å². The summed E-state index contributed by atoms with van der Waals surface area (Å²) in [4.78, 5) is 6.43. The molecule has 0 aliphatic carbocycles. The molecule has 0 rings (SSSR count). The summed E-state index contributed by atoms with van der Waals surface area (Å²) in [6.07, 6.45) is 2.16. The van der Waals surface area contributed by atoms with Crippen LogP contribution in [0.4, 0.5) is 0 Å². The highest BCUT2D eigenvalue weighted by Crippen LogP contribution is 2.05. The first kappa shape index (κ1) is 11.2. The molecule has 2 nitrogen and oxygen atoms in total. The number of nitrogens with zero attached hydrogens (tertiary/aromatic N) is 2. The first-order valence-electron chi connectivity index (χ1n) is 4.53. The molecule has 0 bridgehead atoms. The predicted molar refractivity (Wildman–Crippen MR) is 55.7 cm³/mol. The van der Waals surface area contributed by atoms with Gasteiger partial charge >= 0.3 is 0 Å². The highest BCUT2D eigenvalue weighted by atomic mass is 15.1. The van der Waals surface area contributed by atoms with E-state index in [9.17, 15) is 0 Å². The molecule has 2 heteroatoms. The topological polar surface area (TPSA) is 15.6 Å². The Morgan fingerprint density at radius 3 is 2.25 bits per heavy atom. The molecular formula is C10H20N2. The maximum atomic E-state index is 4.41. The smallest absolute Gasteiger partial charge is 0.0574 e. The van der Waals surface area contributed by atoms with Crippen LogP contribution in [0, 0.1) is 0 Å². The zero-order valence-corrected chi connectivity index (χ0v) is 8.72. The monoisotopic (exact) mass is 168 g/mol. The minimum Gasteiger partial charge on any atom is -0.377 e. The summed E-state index contributed by atoms with van der Waals surface area (Å²) in [6.45, 7) is 9.05. The number of hydrogen-bond donors (Lipinski definition) is 0. The summed E-state index contributed by atoms with van der Waals surface area (Å²) in [5, 5.41) is 0. The van der Waals surface area contributed by atoms with Crippen molar-refractivity contribution in [2.24, 2.45) is 4.99 Å². The van der Waals surface area contributed by atoms with Gasteiger partial charge in [0.1, 0.15) is 0 Å². The largest absolute Gasteiger partial charge is 0.377 e. The molecule has 0 radical (unpaired) electrons. The van der Waals surface area contributed by atoms with Crippen molar-refractivity contribution < 1.29 is 0 Å². The average molecular weight is 168 g/mol. The van der Waals surface area contributed by atoms with E-state index in [2.05, 4.69) is 25.4 Å². The van der Waals surface area contributed by atoms with E-state index in [1.54, 1.807) is 0 Å². The predicted octanol–water partition coefficient (Wildman–Crippen LogP) is 2.32. The molecule has 0 aliphatic rings. The van der Waals surface area contributed by atoms with Crippen LogP contribution < -0.4 is 0 Å². The lowest BCUT2D eigenvalue weighted by molar-refractivity contribution is 0.538.